The summed E-state index contributed by atoms with van der Waals surface area (Å²) in [5.74, 6) is 6.42. The van der Waals surface area contributed by atoms with Gasteiger partial charge in [0.2, 0.25) is 0 Å². The molecule has 0 aromatic heterocycles. The van der Waals surface area contributed by atoms with E-state index < -0.39 is 0 Å². The van der Waals surface area contributed by atoms with Gasteiger partial charge < -0.3 is 0 Å². The lowest BCUT2D eigenvalue weighted by Gasteiger charge is -2.23. The van der Waals surface area contributed by atoms with E-state index in [0.29, 0.717) is 22.4 Å². The molecule has 3 N–H and O–H groups in total. The van der Waals surface area contributed by atoms with Crippen LogP contribution >= 0.6 is 11.6 Å². The minimum absolute atomic E-state index is 0.114. The molecule has 3 atom stereocenters. The molecule has 0 bridgehead atoms. The Hall–Kier alpha value is -0.640. The first-order chi connectivity index (χ1) is 8.11. The van der Waals surface area contributed by atoms with Crippen LogP contribution in [0.5, 0.6) is 0 Å². The number of halogens is 2. The summed E-state index contributed by atoms with van der Waals surface area (Å²) < 4.78 is 13.9. The van der Waals surface area contributed by atoms with Gasteiger partial charge in [-0.05, 0) is 36.8 Å². The fourth-order valence-electron chi connectivity index (χ4n) is 2.79. The predicted octanol–water partition coefficient (Wildman–Crippen LogP) is 3.42. The topological polar surface area (TPSA) is 38.0 Å². The van der Waals surface area contributed by atoms with E-state index in [0.717, 1.165) is 12.8 Å². The van der Waals surface area contributed by atoms with Gasteiger partial charge in [-0.15, -0.1) is 0 Å². The van der Waals surface area contributed by atoms with E-state index in [9.17, 15) is 4.39 Å². The van der Waals surface area contributed by atoms with Gasteiger partial charge in [-0.1, -0.05) is 31.0 Å². The van der Waals surface area contributed by atoms with Crippen LogP contribution in [0.15, 0.2) is 18.2 Å². The number of hydrogen-bond acceptors (Lipinski definition) is 2. The van der Waals surface area contributed by atoms with Crippen molar-refractivity contribution >= 4 is 11.6 Å². The molecule has 1 aliphatic rings. The molecule has 0 saturated heterocycles. The van der Waals surface area contributed by atoms with Crippen LogP contribution in [0.1, 0.15) is 37.8 Å². The Morgan fingerprint density at radius 1 is 1.47 bits per heavy atom. The lowest BCUT2D eigenvalue weighted by atomic mass is 9.91. The number of rotatable bonds is 3. The Balaban J connectivity index is 2.23. The lowest BCUT2D eigenvalue weighted by molar-refractivity contribution is 0.354. The quantitative estimate of drug-likeness (QED) is 0.642. The largest absolute Gasteiger partial charge is 0.271 e. The molecule has 1 aliphatic carbocycles. The third kappa shape index (κ3) is 2.79. The molecule has 0 heterocycles. The minimum Gasteiger partial charge on any atom is -0.271 e. The molecule has 2 nitrogen and oxygen atoms in total. The molecule has 0 amide bonds. The number of hydrazine groups is 1. The third-order valence-electron chi connectivity index (χ3n) is 3.68. The smallest absolute Gasteiger partial charge is 0.129 e. The summed E-state index contributed by atoms with van der Waals surface area (Å²) >= 11 is 5.76. The van der Waals surface area contributed by atoms with E-state index >= 15 is 0 Å². The summed E-state index contributed by atoms with van der Waals surface area (Å²) in [5.41, 5.74) is 3.38. The van der Waals surface area contributed by atoms with Crippen LogP contribution < -0.4 is 11.3 Å². The normalized spacial score (nSPS) is 26.1. The Labute approximate surface area is 106 Å². The molecule has 1 saturated carbocycles. The van der Waals surface area contributed by atoms with Crippen molar-refractivity contribution in [3.8, 4) is 0 Å². The Morgan fingerprint density at radius 3 is 2.76 bits per heavy atom. The van der Waals surface area contributed by atoms with Crippen LogP contribution in [0.2, 0.25) is 5.02 Å². The SMILES string of the molecule is CC1CCC(C(NN)c2ccc(Cl)cc2F)C1. The van der Waals surface area contributed by atoms with Crippen molar-refractivity contribution in [1.29, 1.82) is 0 Å². The molecule has 17 heavy (non-hydrogen) atoms. The second kappa shape index (κ2) is 5.34. The van der Waals surface area contributed by atoms with Crippen molar-refractivity contribution < 1.29 is 4.39 Å². The van der Waals surface area contributed by atoms with E-state index in [4.69, 9.17) is 17.4 Å². The van der Waals surface area contributed by atoms with Gasteiger partial charge in [-0.25, -0.2) is 4.39 Å². The highest BCUT2D eigenvalue weighted by Crippen LogP contribution is 2.39. The third-order valence-corrected chi connectivity index (χ3v) is 3.92. The van der Waals surface area contributed by atoms with Gasteiger partial charge in [0.15, 0.2) is 0 Å². The Bertz CT molecular complexity index is 397. The number of nitrogens with one attached hydrogen (secondary N) is 1. The zero-order valence-electron chi connectivity index (χ0n) is 9.92. The van der Waals surface area contributed by atoms with Gasteiger partial charge in [-0.2, -0.15) is 0 Å². The van der Waals surface area contributed by atoms with Crippen LogP contribution in [-0.2, 0) is 0 Å². The number of nitrogens with two attached hydrogens (primary N) is 1. The maximum absolute atomic E-state index is 13.9. The summed E-state index contributed by atoms with van der Waals surface area (Å²) in [6, 6.07) is 4.67. The zero-order valence-corrected chi connectivity index (χ0v) is 10.7. The first kappa shape index (κ1) is 12.8. The molecule has 2 rings (SSSR count). The highest BCUT2D eigenvalue weighted by Gasteiger charge is 2.30. The summed E-state index contributed by atoms with van der Waals surface area (Å²) in [7, 11) is 0. The van der Waals surface area contributed by atoms with Crippen LogP contribution in [0, 0.1) is 17.7 Å². The van der Waals surface area contributed by atoms with Gasteiger partial charge in [0.05, 0.1) is 6.04 Å². The second-order valence-electron chi connectivity index (χ2n) is 4.99. The Morgan fingerprint density at radius 2 is 2.24 bits per heavy atom. The van der Waals surface area contributed by atoms with Crippen molar-refractivity contribution in [2.45, 2.75) is 32.2 Å². The van der Waals surface area contributed by atoms with E-state index in [2.05, 4.69) is 12.3 Å². The summed E-state index contributed by atoms with van der Waals surface area (Å²) in [4.78, 5) is 0. The molecule has 0 spiro atoms. The average molecular weight is 257 g/mol. The summed E-state index contributed by atoms with van der Waals surface area (Å²) in [6.07, 6.45) is 3.38. The standard InChI is InChI=1S/C13H18ClFN2/c1-8-2-3-9(6-8)13(17-16)11-5-4-10(14)7-12(11)15/h4-5,7-9,13,17H,2-3,6,16H2,1H3. The molecule has 3 unspecified atom stereocenters. The lowest BCUT2D eigenvalue weighted by Crippen LogP contribution is -2.33. The van der Waals surface area contributed by atoms with Crippen LogP contribution in [-0.4, -0.2) is 0 Å². The van der Waals surface area contributed by atoms with Gasteiger partial charge in [-0.3, -0.25) is 11.3 Å². The van der Waals surface area contributed by atoms with E-state index in [1.807, 2.05) is 0 Å². The van der Waals surface area contributed by atoms with Gasteiger partial charge in [0.25, 0.3) is 0 Å². The molecule has 1 fully saturated rings. The fourth-order valence-corrected chi connectivity index (χ4v) is 2.95. The number of benzene rings is 1. The van der Waals surface area contributed by atoms with Crippen molar-refractivity contribution in [3.63, 3.8) is 0 Å². The second-order valence-corrected chi connectivity index (χ2v) is 5.42. The zero-order chi connectivity index (χ0) is 12.4. The molecular formula is C13H18ClFN2. The van der Waals surface area contributed by atoms with Crippen LogP contribution in [0.25, 0.3) is 0 Å². The number of hydrogen-bond donors (Lipinski definition) is 2. The molecule has 4 heteroatoms. The average Bonchev–Trinajstić information content (AvgIpc) is 2.69. The van der Waals surface area contributed by atoms with Crippen molar-refractivity contribution in [1.82, 2.24) is 5.43 Å². The van der Waals surface area contributed by atoms with E-state index in [1.54, 1.807) is 12.1 Å². The van der Waals surface area contributed by atoms with E-state index in [-0.39, 0.29) is 11.9 Å². The monoisotopic (exact) mass is 256 g/mol. The van der Waals surface area contributed by atoms with Crippen LogP contribution in [0.4, 0.5) is 4.39 Å². The molecular weight excluding hydrogens is 239 g/mol. The predicted molar refractivity (Wildman–Crippen MR) is 68.0 cm³/mol. The maximum atomic E-state index is 13.9. The Kier molecular flexibility index (Phi) is 4.02. The van der Waals surface area contributed by atoms with Gasteiger partial charge >= 0.3 is 0 Å². The maximum Gasteiger partial charge on any atom is 0.129 e. The fraction of sp³-hybridized carbons (Fsp3) is 0.538. The van der Waals surface area contributed by atoms with Crippen molar-refractivity contribution in [3.05, 3.63) is 34.6 Å². The summed E-state index contributed by atoms with van der Waals surface area (Å²) in [5, 5.41) is 0.418. The van der Waals surface area contributed by atoms with Crippen molar-refractivity contribution in [2.75, 3.05) is 0 Å². The van der Waals surface area contributed by atoms with Crippen molar-refractivity contribution in [2.24, 2.45) is 17.7 Å². The van der Waals surface area contributed by atoms with Gasteiger partial charge in [0, 0.05) is 10.6 Å². The summed E-state index contributed by atoms with van der Waals surface area (Å²) in [6.45, 7) is 2.23. The van der Waals surface area contributed by atoms with Crippen LogP contribution in [0.3, 0.4) is 0 Å². The highest BCUT2D eigenvalue weighted by atomic mass is 35.5. The first-order valence-electron chi connectivity index (χ1n) is 6.03. The molecule has 0 aliphatic heterocycles. The van der Waals surface area contributed by atoms with E-state index in [1.165, 1.54) is 12.5 Å². The first-order valence-corrected chi connectivity index (χ1v) is 6.40. The molecule has 0 radical (unpaired) electrons. The highest BCUT2D eigenvalue weighted by molar-refractivity contribution is 6.30. The van der Waals surface area contributed by atoms with Gasteiger partial charge in [0.1, 0.15) is 5.82 Å². The molecule has 94 valence electrons. The molecule has 1 aromatic carbocycles. The molecule has 1 aromatic rings. The minimum atomic E-state index is -0.278.